The minimum Gasteiger partial charge on any atom is -0.496 e. The lowest BCUT2D eigenvalue weighted by molar-refractivity contribution is 0.394. The van der Waals surface area contributed by atoms with Crippen LogP contribution in [0.25, 0.3) is 10.9 Å². The van der Waals surface area contributed by atoms with E-state index >= 15 is 0 Å². The van der Waals surface area contributed by atoms with Crippen molar-refractivity contribution < 1.29 is 9.47 Å². The minimum absolute atomic E-state index is 0.506. The second-order valence-electron chi connectivity index (χ2n) is 3.16. The van der Waals surface area contributed by atoms with Crippen molar-refractivity contribution in [2.45, 2.75) is 0 Å². The van der Waals surface area contributed by atoms with Gasteiger partial charge in [0.05, 0.1) is 19.7 Å². The summed E-state index contributed by atoms with van der Waals surface area (Å²) >= 11 is 0. The van der Waals surface area contributed by atoms with Crippen LogP contribution in [0.4, 0.5) is 5.95 Å². The maximum absolute atomic E-state index is 5.26. The number of hydrogen-bond acceptors (Lipinski definition) is 5. The van der Waals surface area contributed by atoms with Crippen LogP contribution >= 0.6 is 0 Å². The average Bonchev–Trinajstić information content (AvgIpc) is 2.36. The summed E-state index contributed by atoms with van der Waals surface area (Å²) in [6.45, 7) is 0. The lowest BCUT2D eigenvalue weighted by Crippen LogP contribution is -2.00. The van der Waals surface area contributed by atoms with Gasteiger partial charge in [-0.25, -0.2) is 4.98 Å². The number of aromatic nitrogens is 2. The molecule has 1 N–H and O–H groups in total. The fraction of sp³-hybridized carbons (Fsp3) is 0.273. The molecule has 0 aliphatic heterocycles. The largest absolute Gasteiger partial charge is 0.496 e. The molecule has 0 radical (unpaired) electrons. The lowest BCUT2D eigenvalue weighted by Gasteiger charge is -2.09. The number of hydrogen-bond donors (Lipinski definition) is 1. The Kier molecular flexibility index (Phi) is 2.76. The summed E-state index contributed by atoms with van der Waals surface area (Å²) in [6.07, 6.45) is 0. The number of methoxy groups -OCH3 is 2. The van der Waals surface area contributed by atoms with Gasteiger partial charge in [-0.2, -0.15) is 4.98 Å². The van der Waals surface area contributed by atoms with Gasteiger partial charge in [0.25, 0.3) is 0 Å². The highest BCUT2D eigenvalue weighted by molar-refractivity contribution is 5.90. The Morgan fingerprint density at radius 1 is 1.12 bits per heavy atom. The van der Waals surface area contributed by atoms with Gasteiger partial charge in [0.1, 0.15) is 11.1 Å². The number of nitrogens with one attached hydrogen (secondary N) is 1. The first-order chi connectivity index (χ1) is 7.80. The zero-order valence-electron chi connectivity index (χ0n) is 9.44. The van der Waals surface area contributed by atoms with Crippen molar-refractivity contribution in [3.8, 4) is 11.6 Å². The average molecular weight is 219 g/mol. The van der Waals surface area contributed by atoms with E-state index in [1.807, 2.05) is 18.2 Å². The third kappa shape index (κ3) is 1.60. The normalized spacial score (nSPS) is 10.2. The molecule has 0 aliphatic rings. The smallest absolute Gasteiger partial charge is 0.229 e. The van der Waals surface area contributed by atoms with E-state index in [4.69, 9.17) is 9.47 Å². The van der Waals surface area contributed by atoms with Gasteiger partial charge in [-0.15, -0.1) is 0 Å². The molecule has 0 spiro atoms. The van der Waals surface area contributed by atoms with Crippen molar-refractivity contribution in [1.29, 1.82) is 0 Å². The van der Waals surface area contributed by atoms with Gasteiger partial charge in [-0.05, 0) is 12.1 Å². The summed E-state index contributed by atoms with van der Waals surface area (Å²) in [6, 6.07) is 5.63. The SMILES string of the molecule is CNc1nc(OC)c2c(OC)cccc2n1. The van der Waals surface area contributed by atoms with Crippen LogP contribution in [-0.4, -0.2) is 31.2 Å². The van der Waals surface area contributed by atoms with Crippen LogP contribution in [-0.2, 0) is 0 Å². The van der Waals surface area contributed by atoms with E-state index in [2.05, 4.69) is 15.3 Å². The van der Waals surface area contributed by atoms with Crippen LogP contribution in [0.1, 0.15) is 0 Å². The maximum Gasteiger partial charge on any atom is 0.229 e. The van der Waals surface area contributed by atoms with Crippen LogP contribution in [0.5, 0.6) is 11.6 Å². The van der Waals surface area contributed by atoms with E-state index in [9.17, 15) is 0 Å². The van der Waals surface area contributed by atoms with Gasteiger partial charge in [0, 0.05) is 7.05 Å². The van der Waals surface area contributed by atoms with Crippen molar-refractivity contribution in [2.75, 3.05) is 26.6 Å². The topological polar surface area (TPSA) is 56.3 Å². The highest BCUT2D eigenvalue weighted by Crippen LogP contribution is 2.31. The summed E-state index contributed by atoms with van der Waals surface area (Å²) in [5, 5.41) is 3.67. The molecule has 0 saturated heterocycles. The molecule has 16 heavy (non-hydrogen) atoms. The first kappa shape index (κ1) is 10.5. The summed E-state index contributed by atoms with van der Waals surface area (Å²) in [5.41, 5.74) is 0.788. The second-order valence-corrected chi connectivity index (χ2v) is 3.16. The molecule has 0 unspecified atom stereocenters. The third-order valence-corrected chi connectivity index (χ3v) is 2.29. The van der Waals surface area contributed by atoms with E-state index in [0.29, 0.717) is 17.6 Å². The molecule has 2 aromatic rings. The molecular weight excluding hydrogens is 206 g/mol. The van der Waals surface area contributed by atoms with Gasteiger partial charge in [-0.3, -0.25) is 0 Å². The molecule has 0 aliphatic carbocycles. The molecule has 2 rings (SSSR count). The molecule has 1 heterocycles. The Balaban J connectivity index is 2.78. The molecular formula is C11H13N3O2. The molecule has 84 valence electrons. The summed E-state index contributed by atoms with van der Waals surface area (Å²) < 4.78 is 10.5. The van der Waals surface area contributed by atoms with Gasteiger partial charge in [0.15, 0.2) is 0 Å². The summed E-state index contributed by atoms with van der Waals surface area (Å²) in [4.78, 5) is 8.55. The molecule has 0 saturated carbocycles. The van der Waals surface area contributed by atoms with Crippen molar-refractivity contribution >= 4 is 16.9 Å². The number of anilines is 1. The van der Waals surface area contributed by atoms with Gasteiger partial charge < -0.3 is 14.8 Å². The first-order valence-electron chi connectivity index (χ1n) is 4.86. The Morgan fingerprint density at radius 3 is 2.56 bits per heavy atom. The Morgan fingerprint density at radius 2 is 1.94 bits per heavy atom. The summed E-state index contributed by atoms with van der Waals surface area (Å²) in [5.74, 6) is 1.74. The molecule has 1 aromatic heterocycles. The Hall–Kier alpha value is -2.04. The van der Waals surface area contributed by atoms with Crippen LogP contribution < -0.4 is 14.8 Å². The zero-order chi connectivity index (χ0) is 11.5. The zero-order valence-corrected chi connectivity index (χ0v) is 9.44. The fourth-order valence-electron chi connectivity index (χ4n) is 1.55. The molecule has 0 fully saturated rings. The maximum atomic E-state index is 5.26. The molecule has 1 aromatic carbocycles. The van der Waals surface area contributed by atoms with Crippen molar-refractivity contribution in [3.63, 3.8) is 0 Å². The number of benzene rings is 1. The monoisotopic (exact) mass is 219 g/mol. The van der Waals surface area contributed by atoms with Crippen LogP contribution in [0.2, 0.25) is 0 Å². The van der Waals surface area contributed by atoms with Crippen molar-refractivity contribution in [2.24, 2.45) is 0 Å². The van der Waals surface area contributed by atoms with E-state index in [1.165, 1.54) is 0 Å². The highest BCUT2D eigenvalue weighted by atomic mass is 16.5. The highest BCUT2D eigenvalue weighted by Gasteiger charge is 2.11. The summed E-state index contributed by atoms with van der Waals surface area (Å²) in [7, 11) is 4.95. The van der Waals surface area contributed by atoms with Crippen LogP contribution in [0, 0.1) is 0 Å². The van der Waals surface area contributed by atoms with Crippen LogP contribution in [0.3, 0.4) is 0 Å². The molecule has 0 bridgehead atoms. The number of ether oxygens (including phenoxy) is 2. The van der Waals surface area contributed by atoms with E-state index in [0.717, 1.165) is 10.9 Å². The third-order valence-electron chi connectivity index (χ3n) is 2.29. The quantitative estimate of drug-likeness (QED) is 0.851. The van der Waals surface area contributed by atoms with Gasteiger partial charge in [0.2, 0.25) is 11.8 Å². The first-order valence-corrected chi connectivity index (χ1v) is 4.86. The van der Waals surface area contributed by atoms with Crippen molar-refractivity contribution in [1.82, 2.24) is 9.97 Å². The molecule has 5 heteroatoms. The Bertz CT molecular complexity index is 514. The van der Waals surface area contributed by atoms with E-state index in [-0.39, 0.29) is 0 Å². The predicted molar refractivity (Wildman–Crippen MR) is 62.2 cm³/mol. The van der Waals surface area contributed by atoms with Gasteiger partial charge >= 0.3 is 0 Å². The predicted octanol–water partition coefficient (Wildman–Crippen LogP) is 1.69. The molecule has 0 atom stereocenters. The minimum atomic E-state index is 0.506. The number of nitrogens with zero attached hydrogens (tertiary/aromatic N) is 2. The second kappa shape index (κ2) is 4.22. The Labute approximate surface area is 93.4 Å². The number of fused-ring (bicyclic) bond motifs is 1. The number of rotatable bonds is 3. The van der Waals surface area contributed by atoms with E-state index < -0.39 is 0 Å². The van der Waals surface area contributed by atoms with E-state index in [1.54, 1.807) is 21.3 Å². The fourth-order valence-corrected chi connectivity index (χ4v) is 1.55. The molecule has 5 nitrogen and oxygen atoms in total. The van der Waals surface area contributed by atoms with Crippen molar-refractivity contribution in [3.05, 3.63) is 18.2 Å². The van der Waals surface area contributed by atoms with Crippen LogP contribution in [0.15, 0.2) is 18.2 Å². The lowest BCUT2D eigenvalue weighted by atomic mass is 10.2. The van der Waals surface area contributed by atoms with Gasteiger partial charge in [-0.1, -0.05) is 6.07 Å². The standard InChI is InChI=1S/C11H13N3O2/c1-12-11-13-7-5-4-6-8(15-2)9(7)10(14-11)16-3/h4-6H,1-3H3,(H,12,13,14). The molecule has 0 amide bonds.